The maximum atomic E-state index is 12.2. The fraction of sp³-hybridized carbons (Fsp3) is 0.200. The first kappa shape index (κ1) is 13.7. The van der Waals surface area contributed by atoms with E-state index in [2.05, 4.69) is 15.6 Å². The summed E-state index contributed by atoms with van der Waals surface area (Å²) in [5.74, 6) is -0.0965. The zero-order valence-electron chi connectivity index (χ0n) is 11.7. The summed E-state index contributed by atoms with van der Waals surface area (Å²) in [7, 11) is 3.89. The quantitative estimate of drug-likeness (QED) is 0.915. The standard InChI is InChI=1S/C15H15ClN4O/c1-20(2)13-5-6-17-8-12(13)18-14-10-7-9(16)3-4-11(10)19-15(14)21/h3-8,14,18H,1-2H3,(H,19,21). The highest BCUT2D eigenvalue weighted by Crippen LogP contribution is 2.36. The van der Waals surface area contributed by atoms with Crippen LogP contribution in [-0.4, -0.2) is 25.0 Å². The van der Waals surface area contributed by atoms with Crippen molar-refractivity contribution in [2.24, 2.45) is 0 Å². The third-order valence-electron chi connectivity index (χ3n) is 3.42. The third kappa shape index (κ3) is 2.52. The fourth-order valence-electron chi connectivity index (χ4n) is 2.42. The minimum Gasteiger partial charge on any atom is -0.376 e. The molecule has 0 spiro atoms. The lowest BCUT2D eigenvalue weighted by atomic mass is 10.1. The van der Waals surface area contributed by atoms with Crippen LogP contribution in [-0.2, 0) is 4.79 Å². The number of rotatable bonds is 3. The highest BCUT2D eigenvalue weighted by atomic mass is 35.5. The van der Waals surface area contributed by atoms with Gasteiger partial charge in [-0.2, -0.15) is 0 Å². The minimum absolute atomic E-state index is 0.0965. The van der Waals surface area contributed by atoms with Crippen LogP contribution >= 0.6 is 11.6 Å². The van der Waals surface area contributed by atoms with Crippen LogP contribution in [0.15, 0.2) is 36.7 Å². The lowest BCUT2D eigenvalue weighted by Crippen LogP contribution is -2.21. The van der Waals surface area contributed by atoms with Crippen molar-refractivity contribution in [1.29, 1.82) is 0 Å². The van der Waals surface area contributed by atoms with Gasteiger partial charge in [-0.05, 0) is 24.3 Å². The van der Waals surface area contributed by atoms with Gasteiger partial charge >= 0.3 is 0 Å². The summed E-state index contributed by atoms with van der Waals surface area (Å²) in [6.07, 6.45) is 3.44. The maximum Gasteiger partial charge on any atom is 0.251 e. The Morgan fingerprint density at radius 3 is 2.90 bits per heavy atom. The van der Waals surface area contributed by atoms with E-state index in [9.17, 15) is 4.79 Å². The van der Waals surface area contributed by atoms with Crippen molar-refractivity contribution in [1.82, 2.24) is 4.98 Å². The number of carbonyl (C=O) groups is 1. The van der Waals surface area contributed by atoms with Crippen molar-refractivity contribution in [3.8, 4) is 0 Å². The number of anilines is 3. The number of hydrogen-bond acceptors (Lipinski definition) is 4. The van der Waals surface area contributed by atoms with Crippen LogP contribution in [0.1, 0.15) is 11.6 Å². The van der Waals surface area contributed by atoms with Crippen LogP contribution in [0, 0.1) is 0 Å². The Hall–Kier alpha value is -2.27. The second kappa shape index (κ2) is 5.26. The van der Waals surface area contributed by atoms with Gasteiger partial charge in [0.05, 0.1) is 17.6 Å². The molecule has 1 aliphatic heterocycles. The summed E-state index contributed by atoms with van der Waals surface area (Å²) in [5, 5.41) is 6.71. The van der Waals surface area contributed by atoms with Gasteiger partial charge < -0.3 is 15.5 Å². The second-order valence-electron chi connectivity index (χ2n) is 5.09. The van der Waals surface area contributed by atoms with E-state index in [-0.39, 0.29) is 5.91 Å². The van der Waals surface area contributed by atoms with Crippen molar-refractivity contribution >= 4 is 34.6 Å². The molecule has 2 heterocycles. The largest absolute Gasteiger partial charge is 0.376 e. The van der Waals surface area contributed by atoms with Crippen molar-refractivity contribution in [3.63, 3.8) is 0 Å². The molecule has 3 rings (SSSR count). The van der Waals surface area contributed by atoms with Crippen LogP contribution in [0.25, 0.3) is 0 Å². The number of hydrogen-bond donors (Lipinski definition) is 2. The first-order valence-electron chi connectivity index (χ1n) is 6.54. The first-order chi connectivity index (χ1) is 10.1. The van der Waals surface area contributed by atoms with E-state index in [4.69, 9.17) is 11.6 Å². The fourth-order valence-corrected chi connectivity index (χ4v) is 2.60. The summed E-state index contributed by atoms with van der Waals surface area (Å²) >= 11 is 6.03. The molecule has 2 N–H and O–H groups in total. The van der Waals surface area contributed by atoms with E-state index >= 15 is 0 Å². The SMILES string of the molecule is CN(C)c1ccncc1NC1C(=O)Nc2ccc(Cl)cc21. The Morgan fingerprint density at radius 1 is 1.33 bits per heavy atom. The number of benzene rings is 1. The Balaban J connectivity index is 1.96. The van der Waals surface area contributed by atoms with Gasteiger partial charge in [-0.3, -0.25) is 9.78 Å². The summed E-state index contributed by atoms with van der Waals surface area (Å²) in [6, 6.07) is 6.81. The number of aromatic nitrogens is 1. The van der Waals surface area contributed by atoms with Crippen molar-refractivity contribution < 1.29 is 4.79 Å². The molecule has 1 aliphatic rings. The van der Waals surface area contributed by atoms with Crippen molar-refractivity contribution in [2.75, 3.05) is 29.6 Å². The van der Waals surface area contributed by atoms with E-state index in [0.29, 0.717) is 5.02 Å². The van der Waals surface area contributed by atoms with Gasteiger partial charge in [-0.15, -0.1) is 0 Å². The van der Waals surface area contributed by atoms with E-state index in [1.54, 1.807) is 24.5 Å². The number of nitrogens with zero attached hydrogens (tertiary/aromatic N) is 2. The lowest BCUT2D eigenvalue weighted by Gasteiger charge is -2.20. The van der Waals surface area contributed by atoms with Crippen LogP contribution in [0.4, 0.5) is 17.1 Å². The highest BCUT2D eigenvalue weighted by molar-refractivity contribution is 6.31. The molecule has 1 atom stereocenters. The molecule has 0 saturated heterocycles. The van der Waals surface area contributed by atoms with Crippen molar-refractivity contribution in [2.45, 2.75) is 6.04 Å². The molecular weight excluding hydrogens is 288 g/mol. The predicted octanol–water partition coefficient (Wildman–Crippen LogP) is 2.91. The molecule has 108 valence electrons. The lowest BCUT2D eigenvalue weighted by molar-refractivity contribution is -0.116. The molecule has 0 radical (unpaired) electrons. The monoisotopic (exact) mass is 302 g/mol. The Morgan fingerprint density at radius 2 is 2.14 bits per heavy atom. The summed E-state index contributed by atoms with van der Waals surface area (Å²) < 4.78 is 0. The molecule has 2 aromatic rings. The van der Waals surface area contributed by atoms with Crippen LogP contribution < -0.4 is 15.5 Å². The smallest absolute Gasteiger partial charge is 0.251 e. The normalized spacial score (nSPS) is 16.3. The van der Waals surface area contributed by atoms with Gasteiger partial charge in [0.2, 0.25) is 0 Å². The van der Waals surface area contributed by atoms with E-state index < -0.39 is 6.04 Å². The van der Waals surface area contributed by atoms with Gasteiger partial charge in [0, 0.05) is 36.6 Å². The molecule has 21 heavy (non-hydrogen) atoms. The molecular formula is C15H15ClN4O. The van der Waals surface area contributed by atoms with Gasteiger partial charge in [0.1, 0.15) is 6.04 Å². The van der Waals surface area contributed by atoms with Crippen molar-refractivity contribution in [3.05, 3.63) is 47.2 Å². The predicted molar refractivity (Wildman–Crippen MR) is 85.0 cm³/mol. The zero-order valence-corrected chi connectivity index (χ0v) is 12.5. The Bertz CT molecular complexity index is 702. The van der Waals surface area contributed by atoms with Crippen LogP contribution in [0.2, 0.25) is 5.02 Å². The molecule has 0 fully saturated rings. The molecule has 1 amide bonds. The Labute approximate surface area is 127 Å². The molecule has 1 aromatic carbocycles. The zero-order chi connectivity index (χ0) is 15.0. The van der Waals surface area contributed by atoms with Gasteiger partial charge in [-0.1, -0.05) is 11.6 Å². The third-order valence-corrected chi connectivity index (χ3v) is 3.66. The molecule has 5 nitrogen and oxygen atoms in total. The highest BCUT2D eigenvalue weighted by Gasteiger charge is 2.31. The summed E-state index contributed by atoms with van der Waals surface area (Å²) in [5.41, 5.74) is 3.40. The Kier molecular flexibility index (Phi) is 3.43. The molecule has 0 saturated carbocycles. The number of halogens is 1. The van der Waals surface area contributed by atoms with Crippen LogP contribution in [0.3, 0.4) is 0 Å². The average molecular weight is 303 g/mol. The van der Waals surface area contributed by atoms with E-state index in [1.807, 2.05) is 31.1 Å². The van der Waals surface area contributed by atoms with Crippen LogP contribution in [0.5, 0.6) is 0 Å². The number of carbonyl (C=O) groups excluding carboxylic acids is 1. The molecule has 1 unspecified atom stereocenters. The second-order valence-corrected chi connectivity index (χ2v) is 5.52. The average Bonchev–Trinajstić information content (AvgIpc) is 2.75. The molecule has 0 bridgehead atoms. The summed E-state index contributed by atoms with van der Waals surface area (Å²) in [4.78, 5) is 18.3. The first-order valence-corrected chi connectivity index (χ1v) is 6.92. The number of amides is 1. The van der Waals surface area contributed by atoms with Gasteiger partial charge in [-0.25, -0.2) is 0 Å². The molecule has 6 heteroatoms. The minimum atomic E-state index is -0.471. The number of pyridine rings is 1. The van der Waals surface area contributed by atoms with E-state index in [0.717, 1.165) is 22.6 Å². The van der Waals surface area contributed by atoms with Gasteiger partial charge in [0.15, 0.2) is 0 Å². The van der Waals surface area contributed by atoms with Gasteiger partial charge in [0.25, 0.3) is 5.91 Å². The molecule has 0 aliphatic carbocycles. The maximum absolute atomic E-state index is 12.2. The topological polar surface area (TPSA) is 57.3 Å². The number of nitrogens with one attached hydrogen (secondary N) is 2. The molecule has 1 aromatic heterocycles. The van der Waals surface area contributed by atoms with E-state index in [1.165, 1.54) is 0 Å². The number of fused-ring (bicyclic) bond motifs is 1. The summed E-state index contributed by atoms with van der Waals surface area (Å²) in [6.45, 7) is 0.